The standard InChI is InChI=1S/C32H38ClNO3/c1-32(2,3)31(36)22-37-29-16-15-24-11-8-14-28(18-26(24)19-29)34(20-23-9-5-4-6-10-23)21-30(35)25-12-7-13-27(33)17-25/h4-7,9-10,12-13,15-17,19,28,30,35H,8,11,14,18,20-22H2,1-3H3. The van der Waals surface area contributed by atoms with Gasteiger partial charge >= 0.3 is 0 Å². The van der Waals surface area contributed by atoms with Crippen molar-refractivity contribution in [2.24, 2.45) is 5.41 Å². The van der Waals surface area contributed by atoms with Crippen LogP contribution in [-0.4, -0.2) is 35.0 Å². The number of aryl methyl sites for hydroxylation is 1. The number of aliphatic hydroxyl groups is 1. The summed E-state index contributed by atoms with van der Waals surface area (Å²) in [5.41, 5.74) is 4.24. The fourth-order valence-electron chi connectivity index (χ4n) is 4.89. The van der Waals surface area contributed by atoms with E-state index in [9.17, 15) is 9.90 Å². The normalized spacial score (nSPS) is 16.6. The second-order valence-corrected chi connectivity index (χ2v) is 11.6. The number of aliphatic hydroxyl groups excluding tert-OH is 1. The van der Waals surface area contributed by atoms with Crippen molar-refractivity contribution in [3.8, 4) is 5.75 Å². The molecule has 0 aliphatic heterocycles. The van der Waals surface area contributed by atoms with Gasteiger partial charge in [-0.05, 0) is 72.2 Å². The summed E-state index contributed by atoms with van der Waals surface area (Å²) in [6.45, 7) is 7.11. The average molecular weight is 520 g/mol. The van der Waals surface area contributed by atoms with Crippen LogP contribution in [0.4, 0.5) is 0 Å². The van der Waals surface area contributed by atoms with Crippen LogP contribution in [0.2, 0.25) is 5.02 Å². The zero-order valence-electron chi connectivity index (χ0n) is 22.1. The highest BCUT2D eigenvalue weighted by Gasteiger charge is 2.26. The molecule has 37 heavy (non-hydrogen) atoms. The van der Waals surface area contributed by atoms with Gasteiger partial charge in [0.2, 0.25) is 0 Å². The quantitative estimate of drug-likeness (QED) is 0.315. The third-order valence-electron chi connectivity index (χ3n) is 7.21. The number of carbonyl (C=O) groups is 1. The highest BCUT2D eigenvalue weighted by atomic mass is 35.5. The maximum absolute atomic E-state index is 12.4. The Labute approximate surface area is 226 Å². The van der Waals surface area contributed by atoms with Gasteiger partial charge in [0.25, 0.3) is 0 Å². The Morgan fingerprint density at radius 2 is 1.84 bits per heavy atom. The molecular formula is C32H38ClNO3. The van der Waals surface area contributed by atoms with Crippen LogP contribution in [-0.2, 0) is 24.2 Å². The lowest BCUT2D eigenvalue weighted by Crippen LogP contribution is -2.39. The van der Waals surface area contributed by atoms with Crippen LogP contribution in [0.25, 0.3) is 0 Å². The van der Waals surface area contributed by atoms with Gasteiger partial charge in [0.05, 0.1) is 6.10 Å². The van der Waals surface area contributed by atoms with Gasteiger partial charge in [-0.25, -0.2) is 0 Å². The van der Waals surface area contributed by atoms with Gasteiger partial charge in [-0.1, -0.05) is 80.9 Å². The maximum atomic E-state index is 12.4. The Kier molecular flexibility index (Phi) is 9.07. The van der Waals surface area contributed by atoms with Crippen LogP contribution in [0.1, 0.15) is 62.0 Å². The van der Waals surface area contributed by atoms with E-state index in [4.69, 9.17) is 16.3 Å². The zero-order chi connectivity index (χ0) is 26.4. The third-order valence-corrected chi connectivity index (χ3v) is 7.44. The molecule has 4 rings (SSSR count). The summed E-state index contributed by atoms with van der Waals surface area (Å²) in [5, 5.41) is 11.8. The van der Waals surface area contributed by atoms with Crippen molar-refractivity contribution in [3.63, 3.8) is 0 Å². The SMILES string of the molecule is CC(C)(C)C(=O)COc1ccc2c(c1)CC(N(Cc1ccccc1)CC(O)c1cccc(Cl)c1)CCC2. The zero-order valence-corrected chi connectivity index (χ0v) is 22.9. The second kappa shape index (κ2) is 12.3. The number of hydrogen-bond donors (Lipinski definition) is 1. The predicted octanol–water partition coefficient (Wildman–Crippen LogP) is 6.82. The summed E-state index contributed by atoms with van der Waals surface area (Å²) < 4.78 is 5.91. The number of Topliss-reactive ketones (excluding diaryl/α,β-unsaturated/α-hetero) is 1. The van der Waals surface area contributed by atoms with Crippen LogP contribution >= 0.6 is 11.6 Å². The summed E-state index contributed by atoms with van der Waals surface area (Å²) in [6, 6.07) is 24.4. The molecule has 0 aromatic heterocycles. The number of hydrogen-bond acceptors (Lipinski definition) is 4. The van der Waals surface area contributed by atoms with Crippen molar-refractivity contribution in [2.75, 3.05) is 13.2 Å². The molecule has 4 nitrogen and oxygen atoms in total. The van der Waals surface area contributed by atoms with E-state index < -0.39 is 11.5 Å². The van der Waals surface area contributed by atoms with Crippen molar-refractivity contribution in [3.05, 3.63) is 100 Å². The fourth-order valence-corrected chi connectivity index (χ4v) is 5.09. The van der Waals surface area contributed by atoms with Gasteiger partial charge in [-0.15, -0.1) is 0 Å². The molecule has 5 heteroatoms. The first-order valence-corrected chi connectivity index (χ1v) is 13.6. The molecule has 0 fully saturated rings. The fraction of sp³-hybridized carbons (Fsp3) is 0.406. The first-order chi connectivity index (χ1) is 17.7. The van der Waals surface area contributed by atoms with E-state index in [0.717, 1.165) is 43.5 Å². The Morgan fingerprint density at radius 3 is 2.57 bits per heavy atom. The van der Waals surface area contributed by atoms with Gasteiger partial charge in [0.15, 0.2) is 5.78 Å². The molecule has 1 N–H and O–H groups in total. The molecular weight excluding hydrogens is 482 g/mol. The Morgan fingerprint density at radius 1 is 1.05 bits per heavy atom. The third kappa shape index (κ3) is 7.67. The van der Waals surface area contributed by atoms with Crippen LogP contribution in [0.3, 0.4) is 0 Å². The van der Waals surface area contributed by atoms with Crippen LogP contribution in [0, 0.1) is 5.41 Å². The Bertz CT molecular complexity index is 1190. The number of benzene rings is 3. The molecule has 2 unspecified atom stereocenters. The van der Waals surface area contributed by atoms with E-state index in [0.29, 0.717) is 11.6 Å². The summed E-state index contributed by atoms with van der Waals surface area (Å²) in [5.74, 6) is 0.829. The number of ketones is 1. The minimum Gasteiger partial charge on any atom is -0.486 e. The molecule has 0 radical (unpaired) electrons. The maximum Gasteiger partial charge on any atom is 0.175 e. The lowest BCUT2D eigenvalue weighted by Gasteiger charge is -2.33. The number of carbonyl (C=O) groups excluding carboxylic acids is 1. The topological polar surface area (TPSA) is 49.8 Å². The largest absolute Gasteiger partial charge is 0.486 e. The molecule has 196 valence electrons. The molecule has 0 heterocycles. The highest BCUT2D eigenvalue weighted by Crippen LogP contribution is 2.30. The average Bonchev–Trinajstić information content (AvgIpc) is 3.09. The lowest BCUT2D eigenvalue weighted by molar-refractivity contribution is -0.128. The van der Waals surface area contributed by atoms with Crippen LogP contribution < -0.4 is 4.74 Å². The van der Waals surface area contributed by atoms with E-state index in [1.165, 1.54) is 16.7 Å². The summed E-state index contributed by atoms with van der Waals surface area (Å²) >= 11 is 6.21. The van der Waals surface area contributed by atoms with Crippen molar-refractivity contribution in [1.82, 2.24) is 4.90 Å². The number of fused-ring (bicyclic) bond motifs is 1. The molecule has 1 aliphatic rings. The van der Waals surface area contributed by atoms with E-state index >= 15 is 0 Å². The smallest absolute Gasteiger partial charge is 0.175 e. The van der Waals surface area contributed by atoms with Crippen molar-refractivity contribution in [2.45, 2.75) is 65.1 Å². The number of ether oxygens (including phenoxy) is 1. The molecule has 1 aliphatic carbocycles. The summed E-state index contributed by atoms with van der Waals surface area (Å²) in [7, 11) is 0. The van der Waals surface area contributed by atoms with Crippen molar-refractivity contribution >= 4 is 17.4 Å². The molecule has 0 saturated heterocycles. The summed E-state index contributed by atoms with van der Waals surface area (Å²) in [4.78, 5) is 14.8. The molecule has 0 spiro atoms. The van der Waals surface area contributed by atoms with Gasteiger partial charge in [0.1, 0.15) is 12.4 Å². The first kappa shape index (κ1) is 27.4. The predicted molar refractivity (Wildman–Crippen MR) is 150 cm³/mol. The molecule has 0 amide bonds. The minimum atomic E-state index is -0.636. The first-order valence-electron chi connectivity index (χ1n) is 13.2. The van der Waals surface area contributed by atoms with Crippen LogP contribution in [0.15, 0.2) is 72.8 Å². The molecule has 0 saturated carbocycles. The summed E-state index contributed by atoms with van der Waals surface area (Å²) in [6.07, 6.45) is 3.38. The number of halogens is 1. The number of nitrogens with zero attached hydrogens (tertiary/aromatic N) is 1. The lowest BCUT2D eigenvalue weighted by atomic mass is 9.91. The molecule has 0 bridgehead atoms. The monoisotopic (exact) mass is 519 g/mol. The van der Waals surface area contributed by atoms with Gasteiger partial charge < -0.3 is 9.84 Å². The Hall–Kier alpha value is -2.66. The molecule has 3 aromatic rings. The molecule has 2 atom stereocenters. The van der Waals surface area contributed by atoms with E-state index in [1.54, 1.807) is 0 Å². The van der Waals surface area contributed by atoms with E-state index in [-0.39, 0.29) is 18.4 Å². The Balaban J connectivity index is 1.54. The van der Waals surface area contributed by atoms with Gasteiger partial charge in [-0.3, -0.25) is 9.69 Å². The molecule has 3 aromatic carbocycles. The van der Waals surface area contributed by atoms with Crippen LogP contribution in [0.5, 0.6) is 5.75 Å². The van der Waals surface area contributed by atoms with Gasteiger partial charge in [-0.2, -0.15) is 0 Å². The second-order valence-electron chi connectivity index (χ2n) is 11.1. The number of rotatable bonds is 9. The minimum absolute atomic E-state index is 0.0810. The van der Waals surface area contributed by atoms with E-state index in [2.05, 4.69) is 41.3 Å². The van der Waals surface area contributed by atoms with E-state index in [1.807, 2.05) is 57.2 Å². The highest BCUT2D eigenvalue weighted by molar-refractivity contribution is 6.30. The van der Waals surface area contributed by atoms with Gasteiger partial charge in [0, 0.05) is 29.6 Å². The van der Waals surface area contributed by atoms with Crippen molar-refractivity contribution in [1.29, 1.82) is 0 Å². The van der Waals surface area contributed by atoms with Crippen molar-refractivity contribution < 1.29 is 14.6 Å².